The molecule has 0 aliphatic rings. The predicted octanol–water partition coefficient (Wildman–Crippen LogP) is 5.67. The van der Waals surface area contributed by atoms with E-state index in [1.165, 1.54) is 0 Å². The molecule has 3 rings (SSSR count). The van der Waals surface area contributed by atoms with E-state index in [0.717, 1.165) is 16.7 Å². The molecule has 24 heavy (non-hydrogen) atoms. The highest BCUT2D eigenvalue weighted by Gasteiger charge is 2.04. The Kier molecular flexibility index (Phi) is 5.16. The van der Waals surface area contributed by atoms with Gasteiger partial charge in [-0.25, -0.2) is 0 Å². The van der Waals surface area contributed by atoms with Gasteiger partial charge in [0.25, 0.3) is 0 Å². The third-order valence-electron chi connectivity index (χ3n) is 3.71. The van der Waals surface area contributed by atoms with Crippen molar-refractivity contribution in [1.29, 1.82) is 0 Å². The fourth-order valence-electron chi connectivity index (χ4n) is 2.44. The zero-order chi connectivity index (χ0) is 16.6. The van der Waals surface area contributed by atoms with Crippen molar-refractivity contribution in [1.82, 2.24) is 0 Å². The van der Waals surface area contributed by atoms with Gasteiger partial charge in [-0.2, -0.15) is 0 Å². The number of carbonyl (C=O) groups excluding carboxylic acids is 1. The maximum Gasteiger partial charge on any atom is 0.186 e. The molecule has 116 valence electrons. The first-order valence-corrected chi connectivity index (χ1v) is 7.92. The average Bonchev–Trinajstić information content (AvgIpc) is 2.67. The van der Waals surface area contributed by atoms with Gasteiger partial charge in [-0.3, -0.25) is 4.79 Å². The van der Waals surface area contributed by atoms with Crippen molar-refractivity contribution in [3.63, 3.8) is 0 Å². The molecule has 0 atom stereocenters. The third-order valence-corrected chi connectivity index (χ3v) is 3.71. The van der Waals surface area contributed by atoms with Crippen molar-refractivity contribution >= 4 is 17.4 Å². The van der Waals surface area contributed by atoms with Crippen LogP contribution in [0, 0.1) is 0 Å². The van der Waals surface area contributed by atoms with Gasteiger partial charge in [-0.1, -0.05) is 103 Å². The summed E-state index contributed by atoms with van der Waals surface area (Å²) in [7, 11) is 0. The quantitative estimate of drug-likeness (QED) is 0.337. The molecule has 1 heteroatoms. The molecule has 0 saturated carbocycles. The molecule has 1 nitrogen and oxygen atoms in total. The monoisotopic (exact) mass is 310 g/mol. The van der Waals surface area contributed by atoms with Crippen molar-refractivity contribution in [3.05, 3.63) is 120 Å². The maximum atomic E-state index is 12.5. The first kappa shape index (κ1) is 15.7. The van der Waals surface area contributed by atoms with Gasteiger partial charge in [0.15, 0.2) is 5.78 Å². The summed E-state index contributed by atoms with van der Waals surface area (Å²) < 4.78 is 0. The Bertz CT molecular complexity index is 844. The van der Waals surface area contributed by atoms with Gasteiger partial charge in [0.05, 0.1) is 0 Å². The second kappa shape index (κ2) is 7.89. The lowest BCUT2D eigenvalue weighted by atomic mass is 10.0. The van der Waals surface area contributed by atoms with E-state index in [0.29, 0.717) is 5.56 Å². The summed E-state index contributed by atoms with van der Waals surface area (Å²) in [5.41, 5.74) is 3.72. The topological polar surface area (TPSA) is 17.1 Å². The lowest BCUT2D eigenvalue weighted by molar-refractivity contribution is 0.104. The molecule has 0 fully saturated rings. The van der Waals surface area contributed by atoms with Crippen LogP contribution in [-0.2, 0) is 0 Å². The lowest BCUT2D eigenvalue weighted by Crippen LogP contribution is -1.95. The number of hydrogen-bond donors (Lipinski definition) is 0. The molecule has 0 aliphatic heterocycles. The molecule has 0 bridgehead atoms. The second-order valence-electron chi connectivity index (χ2n) is 5.44. The minimum Gasteiger partial charge on any atom is -0.289 e. The summed E-state index contributed by atoms with van der Waals surface area (Å²) in [5.74, 6) is 0.00663. The number of ketones is 1. The molecule has 0 spiro atoms. The maximum absolute atomic E-state index is 12.5. The van der Waals surface area contributed by atoms with Crippen LogP contribution in [0.4, 0.5) is 0 Å². The summed E-state index contributed by atoms with van der Waals surface area (Å²) in [5, 5.41) is 0. The highest BCUT2D eigenvalue weighted by Crippen LogP contribution is 2.18. The molecule has 0 aromatic heterocycles. The highest BCUT2D eigenvalue weighted by molar-refractivity contribution is 6.09. The van der Waals surface area contributed by atoms with Crippen molar-refractivity contribution in [2.75, 3.05) is 0 Å². The Morgan fingerprint density at radius 2 is 1.12 bits per heavy atom. The van der Waals surface area contributed by atoms with Crippen molar-refractivity contribution in [3.8, 4) is 0 Å². The Hall–Kier alpha value is -3.19. The van der Waals surface area contributed by atoms with Crippen LogP contribution >= 0.6 is 0 Å². The van der Waals surface area contributed by atoms with Gasteiger partial charge < -0.3 is 0 Å². The summed E-state index contributed by atoms with van der Waals surface area (Å²) in [6.07, 6.45) is 5.72. The molecule has 3 aromatic rings. The van der Waals surface area contributed by atoms with Gasteiger partial charge in [0.2, 0.25) is 0 Å². The SMILES string of the molecule is O=C(/C=C(/C=C/c1ccccc1)c1ccccc1)c1ccccc1. The first-order valence-electron chi connectivity index (χ1n) is 7.92. The molecular weight excluding hydrogens is 292 g/mol. The molecular formula is C23H18O. The summed E-state index contributed by atoms with van der Waals surface area (Å²) in [6.45, 7) is 0. The second-order valence-corrected chi connectivity index (χ2v) is 5.44. The number of benzene rings is 3. The lowest BCUT2D eigenvalue weighted by Gasteiger charge is -2.03. The summed E-state index contributed by atoms with van der Waals surface area (Å²) in [4.78, 5) is 12.5. The van der Waals surface area contributed by atoms with Crippen LogP contribution in [0.5, 0.6) is 0 Å². The number of carbonyl (C=O) groups is 1. The fourth-order valence-corrected chi connectivity index (χ4v) is 2.44. The molecule has 0 N–H and O–H groups in total. The van der Waals surface area contributed by atoms with Crippen LogP contribution in [-0.4, -0.2) is 5.78 Å². The van der Waals surface area contributed by atoms with Crippen LogP contribution in [0.25, 0.3) is 11.6 Å². The van der Waals surface area contributed by atoms with Crippen LogP contribution in [0.2, 0.25) is 0 Å². The highest BCUT2D eigenvalue weighted by atomic mass is 16.1. The van der Waals surface area contributed by atoms with Crippen LogP contribution in [0.1, 0.15) is 21.5 Å². The zero-order valence-electron chi connectivity index (χ0n) is 13.3. The predicted molar refractivity (Wildman–Crippen MR) is 101 cm³/mol. The molecule has 0 aliphatic carbocycles. The van der Waals surface area contributed by atoms with Gasteiger partial charge in [0.1, 0.15) is 0 Å². The minimum atomic E-state index is 0.00663. The largest absolute Gasteiger partial charge is 0.289 e. The third kappa shape index (κ3) is 4.17. The smallest absolute Gasteiger partial charge is 0.186 e. The van der Waals surface area contributed by atoms with Crippen molar-refractivity contribution in [2.24, 2.45) is 0 Å². The molecule has 0 radical (unpaired) electrons. The van der Waals surface area contributed by atoms with Gasteiger partial charge >= 0.3 is 0 Å². The van der Waals surface area contributed by atoms with Crippen LogP contribution in [0.15, 0.2) is 103 Å². The minimum absolute atomic E-state index is 0.00663. The standard InChI is InChI=1S/C23H18O/c24-23(21-14-8-3-9-15-21)18-22(20-12-6-2-7-13-20)17-16-19-10-4-1-5-11-19/h1-18H/b17-16+,22-18-. The van der Waals surface area contributed by atoms with E-state index in [1.807, 2.05) is 103 Å². The Morgan fingerprint density at radius 1 is 0.625 bits per heavy atom. The first-order chi connectivity index (χ1) is 11.8. The van der Waals surface area contributed by atoms with Gasteiger partial charge in [0, 0.05) is 5.56 Å². The number of hydrogen-bond acceptors (Lipinski definition) is 1. The van der Waals surface area contributed by atoms with Gasteiger partial charge in [-0.15, -0.1) is 0 Å². The summed E-state index contributed by atoms with van der Waals surface area (Å²) >= 11 is 0. The zero-order valence-corrected chi connectivity index (χ0v) is 13.3. The molecule has 0 unspecified atom stereocenters. The van der Waals surface area contributed by atoms with E-state index in [4.69, 9.17) is 0 Å². The van der Waals surface area contributed by atoms with E-state index in [-0.39, 0.29) is 5.78 Å². The van der Waals surface area contributed by atoms with E-state index >= 15 is 0 Å². The van der Waals surface area contributed by atoms with E-state index in [1.54, 1.807) is 6.08 Å². The Morgan fingerprint density at radius 3 is 1.71 bits per heavy atom. The molecule has 0 amide bonds. The molecule has 0 saturated heterocycles. The Labute approximate surface area is 142 Å². The molecule has 3 aromatic carbocycles. The molecule has 0 heterocycles. The normalized spacial score (nSPS) is 11.6. The fraction of sp³-hybridized carbons (Fsp3) is 0. The number of rotatable bonds is 5. The van der Waals surface area contributed by atoms with Crippen molar-refractivity contribution < 1.29 is 4.79 Å². The summed E-state index contributed by atoms with van der Waals surface area (Å²) in [6, 6.07) is 29.4. The Balaban J connectivity index is 1.95. The van der Waals surface area contributed by atoms with E-state index in [2.05, 4.69) is 0 Å². The van der Waals surface area contributed by atoms with Crippen LogP contribution in [0.3, 0.4) is 0 Å². The average molecular weight is 310 g/mol. The van der Waals surface area contributed by atoms with E-state index in [9.17, 15) is 4.79 Å². The van der Waals surface area contributed by atoms with Crippen LogP contribution < -0.4 is 0 Å². The van der Waals surface area contributed by atoms with Crippen molar-refractivity contribution in [2.45, 2.75) is 0 Å². The van der Waals surface area contributed by atoms with Gasteiger partial charge in [-0.05, 0) is 22.8 Å². The van der Waals surface area contributed by atoms with E-state index < -0.39 is 0 Å². The number of allylic oxidation sites excluding steroid dienone is 3.